The second-order valence-corrected chi connectivity index (χ2v) is 5.36. The number of benzene rings is 2. The van der Waals surface area contributed by atoms with Gasteiger partial charge >= 0.3 is 12.1 Å². The Labute approximate surface area is 138 Å². The van der Waals surface area contributed by atoms with Gasteiger partial charge in [0.25, 0.3) is 5.56 Å². The minimum Gasteiger partial charge on any atom is -0.476 e. The SMILES string of the molecule is O=C(O)c1nn(Cc2cccc(C(F)(F)F)c2)c(=O)c2ccccc12. The lowest BCUT2D eigenvalue weighted by molar-refractivity contribution is -0.137. The summed E-state index contributed by atoms with van der Waals surface area (Å²) in [6.07, 6.45) is -4.51. The van der Waals surface area contributed by atoms with Crippen LogP contribution in [0, 0.1) is 0 Å². The molecule has 0 radical (unpaired) electrons. The molecule has 0 spiro atoms. The van der Waals surface area contributed by atoms with Crippen molar-refractivity contribution in [2.75, 3.05) is 0 Å². The Balaban J connectivity index is 2.13. The number of carboxylic acids is 1. The number of carbonyl (C=O) groups is 1. The minimum absolute atomic E-state index is 0.141. The molecule has 128 valence electrons. The Hall–Kier alpha value is -3.16. The Bertz CT molecular complexity index is 1030. The topological polar surface area (TPSA) is 72.2 Å². The zero-order chi connectivity index (χ0) is 18.2. The van der Waals surface area contributed by atoms with Crippen LogP contribution in [0.2, 0.25) is 0 Å². The molecule has 0 saturated carbocycles. The molecular formula is C17H11F3N2O3. The molecule has 0 aliphatic carbocycles. The number of fused-ring (bicyclic) bond motifs is 1. The molecular weight excluding hydrogens is 337 g/mol. The zero-order valence-corrected chi connectivity index (χ0v) is 12.6. The number of rotatable bonds is 3. The van der Waals surface area contributed by atoms with Crippen molar-refractivity contribution in [2.45, 2.75) is 12.7 Å². The van der Waals surface area contributed by atoms with Gasteiger partial charge in [-0.2, -0.15) is 18.3 Å². The fourth-order valence-electron chi connectivity index (χ4n) is 2.52. The third kappa shape index (κ3) is 3.23. The fraction of sp³-hybridized carbons (Fsp3) is 0.118. The zero-order valence-electron chi connectivity index (χ0n) is 12.6. The van der Waals surface area contributed by atoms with E-state index in [4.69, 9.17) is 0 Å². The number of carboxylic acid groups (broad SMARTS) is 1. The number of aromatic nitrogens is 2. The van der Waals surface area contributed by atoms with Crippen molar-refractivity contribution in [3.05, 3.63) is 75.7 Å². The van der Waals surface area contributed by atoms with E-state index in [1.54, 1.807) is 12.1 Å². The second kappa shape index (κ2) is 6.04. The van der Waals surface area contributed by atoms with Gasteiger partial charge in [0.2, 0.25) is 0 Å². The van der Waals surface area contributed by atoms with E-state index in [1.165, 1.54) is 24.3 Å². The highest BCUT2D eigenvalue weighted by molar-refractivity contribution is 6.01. The number of hydrogen-bond acceptors (Lipinski definition) is 3. The Morgan fingerprint density at radius 1 is 1.08 bits per heavy atom. The molecule has 0 unspecified atom stereocenters. The first-order valence-corrected chi connectivity index (χ1v) is 7.16. The number of nitrogens with zero attached hydrogens (tertiary/aromatic N) is 2. The molecule has 1 N–H and O–H groups in total. The summed E-state index contributed by atoms with van der Waals surface area (Å²) in [7, 11) is 0. The smallest absolute Gasteiger partial charge is 0.416 e. The maximum atomic E-state index is 12.8. The summed E-state index contributed by atoms with van der Waals surface area (Å²) in [4.78, 5) is 23.9. The molecule has 25 heavy (non-hydrogen) atoms. The highest BCUT2D eigenvalue weighted by Crippen LogP contribution is 2.29. The Kier molecular flexibility index (Phi) is 4.03. The first-order valence-electron chi connectivity index (χ1n) is 7.16. The third-order valence-corrected chi connectivity index (χ3v) is 3.66. The van der Waals surface area contributed by atoms with E-state index in [1.807, 2.05) is 0 Å². The molecule has 5 nitrogen and oxygen atoms in total. The van der Waals surface area contributed by atoms with Crippen LogP contribution in [-0.4, -0.2) is 20.9 Å². The molecule has 3 aromatic rings. The summed E-state index contributed by atoms with van der Waals surface area (Å²) >= 11 is 0. The van der Waals surface area contributed by atoms with Gasteiger partial charge in [0.15, 0.2) is 5.69 Å². The lowest BCUT2D eigenvalue weighted by Crippen LogP contribution is -2.26. The summed E-state index contributed by atoms with van der Waals surface area (Å²) in [5.74, 6) is -1.33. The van der Waals surface area contributed by atoms with Crippen LogP contribution in [-0.2, 0) is 12.7 Å². The van der Waals surface area contributed by atoms with Crippen LogP contribution in [0.4, 0.5) is 13.2 Å². The van der Waals surface area contributed by atoms with Crippen molar-refractivity contribution in [3.8, 4) is 0 Å². The molecule has 0 saturated heterocycles. The van der Waals surface area contributed by atoms with E-state index in [0.29, 0.717) is 0 Å². The lowest BCUT2D eigenvalue weighted by Gasteiger charge is -2.11. The van der Waals surface area contributed by atoms with Crippen LogP contribution in [0.15, 0.2) is 53.3 Å². The van der Waals surface area contributed by atoms with Gasteiger partial charge in [-0.3, -0.25) is 4.79 Å². The van der Waals surface area contributed by atoms with Gasteiger partial charge in [0, 0.05) is 5.39 Å². The van der Waals surface area contributed by atoms with Gasteiger partial charge < -0.3 is 5.11 Å². The van der Waals surface area contributed by atoms with E-state index in [0.717, 1.165) is 16.8 Å². The normalized spacial score (nSPS) is 11.6. The van der Waals surface area contributed by atoms with Gasteiger partial charge in [0.05, 0.1) is 17.5 Å². The molecule has 0 atom stereocenters. The summed E-state index contributed by atoms with van der Waals surface area (Å²) in [6, 6.07) is 10.5. The van der Waals surface area contributed by atoms with Crippen LogP contribution in [0.1, 0.15) is 21.6 Å². The Morgan fingerprint density at radius 2 is 1.76 bits per heavy atom. The average Bonchev–Trinajstić information content (AvgIpc) is 2.57. The molecule has 0 fully saturated rings. The van der Waals surface area contributed by atoms with Crippen molar-refractivity contribution >= 4 is 16.7 Å². The molecule has 0 aliphatic heterocycles. The van der Waals surface area contributed by atoms with Gasteiger partial charge in [-0.15, -0.1) is 0 Å². The van der Waals surface area contributed by atoms with E-state index in [-0.39, 0.29) is 28.6 Å². The number of halogens is 3. The van der Waals surface area contributed by atoms with Crippen LogP contribution < -0.4 is 5.56 Å². The molecule has 0 amide bonds. The molecule has 8 heteroatoms. The van der Waals surface area contributed by atoms with Crippen molar-refractivity contribution in [2.24, 2.45) is 0 Å². The van der Waals surface area contributed by atoms with E-state index >= 15 is 0 Å². The lowest BCUT2D eigenvalue weighted by atomic mass is 10.1. The maximum absolute atomic E-state index is 12.8. The Morgan fingerprint density at radius 3 is 2.40 bits per heavy atom. The number of hydrogen-bond donors (Lipinski definition) is 1. The fourth-order valence-corrected chi connectivity index (χ4v) is 2.52. The highest BCUT2D eigenvalue weighted by Gasteiger charge is 2.30. The first-order chi connectivity index (χ1) is 11.8. The first kappa shape index (κ1) is 16.7. The van der Waals surface area contributed by atoms with E-state index < -0.39 is 23.3 Å². The standard InChI is InChI=1S/C17H11F3N2O3/c18-17(19,20)11-5-3-4-10(8-11)9-22-15(23)13-7-2-1-6-12(13)14(21-22)16(24)25/h1-8H,9H2,(H,24,25). The van der Waals surface area contributed by atoms with Crippen molar-refractivity contribution in [3.63, 3.8) is 0 Å². The quantitative estimate of drug-likeness (QED) is 0.789. The molecule has 0 bridgehead atoms. The summed E-state index contributed by atoms with van der Waals surface area (Å²) in [6.45, 7) is -0.270. The molecule has 1 aromatic heterocycles. The van der Waals surface area contributed by atoms with E-state index in [2.05, 4.69) is 5.10 Å². The molecule has 2 aromatic carbocycles. The highest BCUT2D eigenvalue weighted by atomic mass is 19.4. The van der Waals surface area contributed by atoms with Crippen LogP contribution in [0.25, 0.3) is 10.8 Å². The summed E-state index contributed by atoms with van der Waals surface area (Å²) in [5, 5.41) is 13.4. The number of aromatic carboxylic acids is 1. The largest absolute Gasteiger partial charge is 0.476 e. The molecule has 0 aliphatic rings. The van der Waals surface area contributed by atoms with E-state index in [9.17, 15) is 27.9 Å². The van der Waals surface area contributed by atoms with Gasteiger partial charge in [-0.1, -0.05) is 30.3 Å². The molecule has 3 rings (SSSR count). The van der Waals surface area contributed by atoms with Crippen molar-refractivity contribution in [1.29, 1.82) is 0 Å². The van der Waals surface area contributed by atoms with Gasteiger partial charge in [-0.05, 0) is 23.8 Å². The summed E-state index contributed by atoms with van der Waals surface area (Å²) < 4.78 is 39.3. The predicted molar refractivity (Wildman–Crippen MR) is 83.5 cm³/mol. The van der Waals surface area contributed by atoms with Gasteiger partial charge in [0.1, 0.15) is 0 Å². The monoisotopic (exact) mass is 348 g/mol. The summed E-state index contributed by atoms with van der Waals surface area (Å²) in [5.41, 5.74) is -1.56. The third-order valence-electron chi connectivity index (χ3n) is 3.66. The van der Waals surface area contributed by atoms with Crippen LogP contribution >= 0.6 is 0 Å². The van der Waals surface area contributed by atoms with Crippen LogP contribution in [0.3, 0.4) is 0 Å². The minimum atomic E-state index is -4.51. The second-order valence-electron chi connectivity index (χ2n) is 5.36. The maximum Gasteiger partial charge on any atom is 0.416 e. The average molecular weight is 348 g/mol. The van der Waals surface area contributed by atoms with Crippen LogP contribution in [0.5, 0.6) is 0 Å². The molecule has 1 heterocycles. The number of alkyl halides is 3. The van der Waals surface area contributed by atoms with Gasteiger partial charge in [-0.25, -0.2) is 9.48 Å². The van der Waals surface area contributed by atoms with Crippen molar-refractivity contribution in [1.82, 2.24) is 9.78 Å². The predicted octanol–water partition coefficient (Wildman–Crippen LogP) is 3.16. The van der Waals surface area contributed by atoms with Crippen molar-refractivity contribution < 1.29 is 23.1 Å².